The molecule has 2 aromatic heterocycles. The highest BCUT2D eigenvalue weighted by molar-refractivity contribution is 5.99. The molecular formula is C24H28N4O3. The SMILES string of the molecule is Cc1ccc2c(c1)cc(C(=O)N1CCOC(C(=O)N(C)CCc3ccccn3)C1)n2C. The number of likely N-dealkylation sites (N-methyl/N-ethyl adjacent to an activating group) is 1. The lowest BCUT2D eigenvalue weighted by Gasteiger charge is -2.34. The summed E-state index contributed by atoms with van der Waals surface area (Å²) in [5.41, 5.74) is 3.73. The number of rotatable bonds is 5. The van der Waals surface area contributed by atoms with Crippen molar-refractivity contribution in [3.05, 3.63) is 65.6 Å². The Morgan fingerprint density at radius 2 is 2.06 bits per heavy atom. The van der Waals surface area contributed by atoms with Crippen molar-refractivity contribution in [1.82, 2.24) is 19.4 Å². The highest BCUT2D eigenvalue weighted by atomic mass is 16.5. The van der Waals surface area contributed by atoms with Gasteiger partial charge in [-0.05, 0) is 37.3 Å². The Morgan fingerprint density at radius 1 is 1.23 bits per heavy atom. The van der Waals surface area contributed by atoms with Crippen LogP contribution in [0.3, 0.4) is 0 Å². The quantitative estimate of drug-likeness (QED) is 0.636. The molecular weight excluding hydrogens is 392 g/mol. The maximum Gasteiger partial charge on any atom is 0.270 e. The maximum absolute atomic E-state index is 13.2. The van der Waals surface area contributed by atoms with Crippen molar-refractivity contribution in [2.75, 3.05) is 33.3 Å². The molecule has 1 fully saturated rings. The number of aryl methyl sites for hydroxylation is 2. The van der Waals surface area contributed by atoms with E-state index < -0.39 is 6.10 Å². The average Bonchev–Trinajstić information content (AvgIpc) is 3.12. The summed E-state index contributed by atoms with van der Waals surface area (Å²) < 4.78 is 7.65. The summed E-state index contributed by atoms with van der Waals surface area (Å²) in [7, 11) is 3.67. The first-order chi connectivity index (χ1) is 14.9. The fraction of sp³-hybridized carbons (Fsp3) is 0.375. The first-order valence-electron chi connectivity index (χ1n) is 10.6. The summed E-state index contributed by atoms with van der Waals surface area (Å²) in [6, 6.07) is 13.8. The van der Waals surface area contributed by atoms with Gasteiger partial charge in [-0.1, -0.05) is 17.7 Å². The van der Waals surface area contributed by atoms with E-state index in [-0.39, 0.29) is 18.4 Å². The second-order valence-electron chi connectivity index (χ2n) is 8.09. The van der Waals surface area contributed by atoms with E-state index in [0.717, 1.165) is 22.2 Å². The molecule has 1 aromatic carbocycles. The molecule has 4 rings (SSSR count). The predicted octanol–water partition coefficient (Wildman–Crippen LogP) is 2.42. The van der Waals surface area contributed by atoms with Crippen molar-refractivity contribution in [3.63, 3.8) is 0 Å². The number of hydrogen-bond donors (Lipinski definition) is 0. The topological polar surface area (TPSA) is 67.7 Å². The van der Waals surface area contributed by atoms with Gasteiger partial charge in [0.1, 0.15) is 5.69 Å². The number of carbonyl (C=O) groups excluding carboxylic acids is 2. The van der Waals surface area contributed by atoms with E-state index in [1.807, 2.05) is 54.9 Å². The Bertz CT molecular complexity index is 1090. The molecule has 1 unspecified atom stereocenters. The molecule has 7 nitrogen and oxygen atoms in total. The summed E-state index contributed by atoms with van der Waals surface area (Å²) in [6.45, 7) is 3.66. The van der Waals surface area contributed by atoms with Crippen LogP contribution in [0, 0.1) is 6.92 Å². The molecule has 0 bridgehead atoms. The third kappa shape index (κ3) is 4.46. The second kappa shape index (κ2) is 8.89. The molecule has 0 aliphatic carbocycles. The molecule has 0 saturated carbocycles. The van der Waals surface area contributed by atoms with Crippen molar-refractivity contribution in [3.8, 4) is 0 Å². The number of carbonyl (C=O) groups is 2. The standard InChI is InChI=1S/C24H28N4O3/c1-17-7-8-20-18(14-17)15-21(27(20)3)23(29)28-12-13-31-22(16-28)24(30)26(2)11-9-19-6-4-5-10-25-19/h4-8,10,14-15,22H,9,11-13,16H2,1-3H3. The normalized spacial score (nSPS) is 16.5. The van der Waals surface area contributed by atoms with Gasteiger partial charge in [-0.15, -0.1) is 0 Å². The molecule has 1 aliphatic rings. The van der Waals surface area contributed by atoms with Crippen LogP contribution < -0.4 is 0 Å². The van der Waals surface area contributed by atoms with Crippen LogP contribution in [0.2, 0.25) is 0 Å². The fourth-order valence-corrected chi connectivity index (χ4v) is 4.00. The lowest BCUT2D eigenvalue weighted by atomic mass is 10.2. The van der Waals surface area contributed by atoms with Gasteiger partial charge in [-0.25, -0.2) is 0 Å². The van der Waals surface area contributed by atoms with Gasteiger partial charge in [0.2, 0.25) is 0 Å². The third-order valence-electron chi connectivity index (χ3n) is 5.85. The highest BCUT2D eigenvalue weighted by Gasteiger charge is 2.32. The summed E-state index contributed by atoms with van der Waals surface area (Å²) in [5.74, 6) is -0.185. The van der Waals surface area contributed by atoms with Crippen LogP contribution in [0.25, 0.3) is 10.9 Å². The van der Waals surface area contributed by atoms with Crippen LogP contribution in [0.1, 0.15) is 21.7 Å². The van der Waals surface area contributed by atoms with Crippen LogP contribution in [-0.4, -0.2) is 70.6 Å². The maximum atomic E-state index is 13.2. The minimum Gasteiger partial charge on any atom is -0.365 e. The number of pyridine rings is 1. The van der Waals surface area contributed by atoms with E-state index in [1.54, 1.807) is 23.0 Å². The van der Waals surface area contributed by atoms with Gasteiger partial charge in [0, 0.05) is 56.4 Å². The van der Waals surface area contributed by atoms with Crippen LogP contribution in [0.5, 0.6) is 0 Å². The molecule has 0 radical (unpaired) electrons. The number of nitrogens with zero attached hydrogens (tertiary/aromatic N) is 4. The Labute approximate surface area is 182 Å². The summed E-state index contributed by atoms with van der Waals surface area (Å²) in [5, 5.41) is 1.04. The second-order valence-corrected chi connectivity index (χ2v) is 8.09. The van der Waals surface area contributed by atoms with Gasteiger partial charge in [0.05, 0.1) is 13.2 Å². The fourth-order valence-electron chi connectivity index (χ4n) is 4.00. The van der Waals surface area contributed by atoms with E-state index in [4.69, 9.17) is 4.74 Å². The van der Waals surface area contributed by atoms with Crippen LogP contribution >= 0.6 is 0 Å². The zero-order valence-electron chi connectivity index (χ0n) is 18.2. The monoisotopic (exact) mass is 420 g/mol. The predicted molar refractivity (Wildman–Crippen MR) is 119 cm³/mol. The lowest BCUT2D eigenvalue weighted by molar-refractivity contribution is -0.146. The smallest absolute Gasteiger partial charge is 0.270 e. The van der Waals surface area contributed by atoms with Crippen molar-refractivity contribution >= 4 is 22.7 Å². The number of benzene rings is 1. The third-order valence-corrected chi connectivity index (χ3v) is 5.85. The van der Waals surface area contributed by atoms with E-state index in [2.05, 4.69) is 11.1 Å². The van der Waals surface area contributed by atoms with Crippen molar-refractivity contribution in [1.29, 1.82) is 0 Å². The summed E-state index contributed by atoms with van der Waals surface area (Å²) in [6.07, 6.45) is 1.77. The Balaban J connectivity index is 1.42. The largest absolute Gasteiger partial charge is 0.365 e. The van der Waals surface area contributed by atoms with Crippen LogP contribution in [0.15, 0.2) is 48.7 Å². The van der Waals surface area contributed by atoms with E-state index in [0.29, 0.717) is 31.8 Å². The van der Waals surface area contributed by atoms with E-state index in [1.165, 1.54) is 0 Å². The van der Waals surface area contributed by atoms with Gasteiger partial charge >= 0.3 is 0 Å². The molecule has 162 valence electrons. The lowest BCUT2D eigenvalue weighted by Crippen LogP contribution is -2.52. The van der Waals surface area contributed by atoms with Crippen molar-refractivity contribution < 1.29 is 14.3 Å². The molecule has 1 aliphatic heterocycles. The summed E-state index contributed by atoms with van der Waals surface area (Å²) >= 11 is 0. The number of morpholine rings is 1. The molecule has 0 N–H and O–H groups in total. The number of fused-ring (bicyclic) bond motifs is 1. The van der Waals surface area contributed by atoms with Gasteiger partial charge < -0.3 is 19.1 Å². The molecule has 1 saturated heterocycles. The van der Waals surface area contributed by atoms with Gasteiger partial charge in [-0.2, -0.15) is 0 Å². The van der Waals surface area contributed by atoms with Crippen molar-refractivity contribution in [2.24, 2.45) is 7.05 Å². The summed E-state index contributed by atoms with van der Waals surface area (Å²) in [4.78, 5) is 33.8. The molecule has 1 atom stereocenters. The molecule has 0 spiro atoms. The first kappa shape index (κ1) is 21.1. The molecule has 2 amide bonds. The molecule has 3 heterocycles. The number of amides is 2. The molecule has 3 aromatic rings. The minimum atomic E-state index is -0.650. The minimum absolute atomic E-state index is 0.0754. The van der Waals surface area contributed by atoms with E-state index in [9.17, 15) is 9.59 Å². The van der Waals surface area contributed by atoms with Crippen LogP contribution in [0.4, 0.5) is 0 Å². The highest BCUT2D eigenvalue weighted by Crippen LogP contribution is 2.22. The Hall–Kier alpha value is -3.19. The van der Waals surface area contributed by atoms with E-state index >= 15 is 0 Å². The first-order valence-corrected chi connectivity index (χ1v) is 10.6. The average molecular weight is 421 g/mol. The van der Waals surface area contributed by atoms with Gasteiger partial charge in [0.15, 0.2) is 6.10 Å². The number of hydrogen-bond acceptors (Lipinski definition) is 4. The molecule has 7 heteroatoms. The number of ether oxygens (including phenoxy) is 1. The van der Waals surface area contributed by atoms with Gasteiger partial charge in [-0.3, -0.25) is 14.6 Å². The Kier molecular flexibility index (Phi) is 6.04. The number of aromatic nitrogens is 2. The Morgan fingerprint density at radius 3 is 2.84 bits per heavy atom. The zero-order chi connectivity index (χ0) is 22.0. The van der Waals surface area contributed by atoms with Gasteiger partial charge in [0.25, 0.3) is 11.8 Å². The van der Waals surface area contributed by atoms with Crippen molar-refractivity contribution in [2.45, 2.75) is 19.4 Å². The van der Waals surface area contributed by atoms with Crippen LogP contribution in [-0.2, 0) is 23.0 Å². The molecule has 31 heavy (non-hydrogen) atoms. The zero-order valence-corrected chi connectivity index (χ0v) is 18.2.